The zero-order valence-corrected chi connectivity index (χ0v) is 13.9. The van der Waals surface area contributed by atoms with E-state index < -0.39 is 0 Å². The Hall–Kier alpha value is -1.26. The molecule has 22 heavy (non-hydrogen) atoms. The maximum Gasteiger partial charge on any atom is 0.189 e. The van der Waals surface area contributed by atoms with Crippen LogP contribution in [-0.4, -0.2) is 5.11 Å². The summed E-state index contributed by atoms with van der Waals surface area (Å²) in [5, 5.41) is 4.36. The van der Waals surface area contributed by atoms with Gasteiger partial charge in [0.2, 0.25) is 0 Å². The number of allylic oxidation sites excluding steroid dienone is 2. The van der Waals surface area contributed by atoms with Crippen molar-refractivity contribution in [3.8, 4) is 0 Å². The van der Waals surface area contributed by atoms with E-state index in [0.717, 1.165) is 17.5 Å². The van der Waals surface area contributed by atoms with Crippen LogP contribution in [0.1, 0.15) is 32.1 Å². The minimum absolute atomic E-state index is 0.551. The molecule has 0 aliphatic heterocycles. The van der Waals surface area contributed by atoms with E-state index in [-0.39, 0.29) is 0 Å². The Kier molecular flexibility index (Phi) is 3.74. The largest absolute Gasteiger partial charge is 0.330 e. The van der Waals surface area contributed by atoms with Gasteiger partial charge in [-0.3, -0.25) is 5.43 Å². The van der Waals surface area contributed by atoms with Gasteiger partial charge < -0.3 is 10.7 Å². The van der Waals surface area contributed by atoms with Crippen LogP contribution in [0.25, 0.3) is 0 Å². The second-order valence-electron chi connectivity index (χ2n) is 6.75. The molecule has 0 radical (unpaired) electrons. The summed E-state index contributed by atoms with van der Waals surface area (Å²) in [6, 6.07) is 7.61. The van der Waals surface area contributed by atoms with Crippen LogP contribution in [0.15, 0.2) is 35.5 Å². The van der Waals surface area contributed by atoms with Crippen LogP contribution < -0.4 is 16.2 Å². The lowest BCUT2D eigenvalue weighted by molar-refractivity contribution is 0.149. The first-order chi connectivity index (χ1) is 10.7. The third kappa shape index (κ3) is 2.70. The molecule has 5 heteroatoms. The Labute approximate surface area is 141 Å². The molecule has 0 heterocycles. The topological polar surface area (TPSA) is 36.1 Å². The molecule has 4 bridgehead atoms. The molecule has 0 aromatic heterocycles. The average molecular weight is 334 g/mol. The first kappa shape index (κ1) is 14.3. The van der Waals surface area contributed by atoms with E-state index >= 15 is 0 Å². The van der Waals surface area contributed by atoms with Crippen LogP contribution in [0.3, 0.4) is 0 Å². The third-order valence-corrected chi connectivity index (χ3v) is 5.73. The van der Waals surface area contributed by atoms with Gasteiger partial charge in [0.05, 0.1) is 10.7 Å². The number of para-hydroxylation sites is 1. The second kappa shape index (κ2) is 5.74. The Bertz CT molecular complexity index is 627. The summed E-state index contributed by atoms with van der Waals surface area (Å²) in [6.45, 7) is 0. The second-order valence-corrected chi connectivity index (χ2v) is 7.56. The molecule has 1 unspecified atom stereocenters. The SMILES string of the molecule is S=C(NNC1=C2C[C@@H]3CC1C[C@H](C2)C3)Nc1ccccc1Cl. The molecule has 0 amide bonds. The van der Waals surface area contributed by atoms with E-state index in [4.69, 9.17) is 23.8 Å². The number of benzene rings is 1. The van der Waals surface area contributed by atoms with E-state index in [1.165, 1.54) is 37.8 Å². The van der Waals surface area contributed by atoms with Crippen LogP contribution in [-0.2, 0) is 0 Å². The summed E-state index contributed by atoms with van der Waals surface area (Å²) in [4.78, 5) is 0. The minimum atomic E-state index is 0.551. The molecule has 3 atom stereocenters. The van der Waals surface area contributed by atoms with Gasteiger partial charge in [-0.2, -0.15) is 0 Å². The highest BCUT2D eigenvalue weighted by Crippen LogP contribution is 2.52. The Morgan fingerprint density at radius 1 is 1.09 bits per heavy atom. The van der Waals surface area contributed by atoms with Gasteiger partial charge in [0, 0.05) is 11.6 Å². The molecule has 1 aromatic rings. The number of hydrogen-bond donors (Lipinski definition) is 3. The highest BCUT2D eigenvalue weighted by atomic mass is 35.5. The van der Waals surface area contributed by atoms with Gasteiger partial charge >= 0.3 is 0 Å². The van der Waals surface area contributed by atoms with E-state index in [9.17, 15) is 0 Å². The fourth-order valence-electron chi connectivity index (χ4n) is 4.45. The molecule has 2 saturated carbocycles. The minimum Gasteiger partial charge on any atom is -0.330 e. The van der Waals surface area contributed by atoms with E-state index in [1.54, 1.807) is 5.57 Å². The molecule has 2 fully saturated rings. The van der Waals surface area contributed by atoms with Gasteiger partial charge in [0.1, 0.15) is 0 Å². The first-order valence-electron chi connectivity index (χ1n) is 7.98. The van der Waals surface area contributed by atoms with Crippen LogP contribution in [0.4, 0.5) is 5.69 Å². The average Bonchev–Trinajstić information content (AvgIpc) is 2.48. The highest BCUT2D eigenvalue weighted by Gasteiger charge is 2.41. The summed E-state index contributed by atoms with van der Waals surface area (Å²) in [6.07, 6.45) is 6.69. The molecule has 1 aromatic carbocycles. The third-order valence-electron chi connectivity index (χ3n) is 5.19. The smallest absolute Gasteiger partial charge is 0.189 e. The molecule has 3 nitrogen and oxygen atoms in total. The van der Waals surface area contributed by atoms with Gasteiger partial charge in [-0.25, -0.2) is 0 Å². The molecule has 116 valence electrons. The summed E-state index contributed by atoms with van der Waals surface area (Å²) in [5.41, 5.74) is 10.4. The summed E-state index contributed by atoms with van der Waals surface area (Å²) < 4.78 is 0. The molecular weight excluding hydrogens is 314 g/mol. The molecule has 0 spiro atoms. The van der Waals surface area contributed by atoms with Gasteiger partial charge in [0.15, 0.2) is 5.11 Å². The van der Waals surface area contributed by atoms with Crippen LogP contribution in [0.5, 0.6) is 0 Å². The summed E-state index contributed by atoms with van der Waals surface area (Å²) >= 11 is 11.5. The fourth-order valence-corrected chi connectivity index (χ4v) is 4.80. The van der Waals surface area contributed by atoms with E-state index in [2.05, 4.69) is 16.2 Å². The zero-order valence-electron chi connectivity index (χ0n) is 12.4. The number of hydrazine groups is 1. The molecule has 4 aliphatic carbocycles. The predicted molar refractivity (Wildman–Crippen MR) is 94.5 cm³/mol. The lowest BCUT2D eigenvalue weighted by atomic mass is 9.60. The van der Waals surface area contributed by atoms with Crippen LogP contribution in [0.2, 0.25) is 5.02 Å². The number of rotatable bonds is 3. The van der Waals surface area contributed by atoms with Crippen molar-refractivity contribution in [1.29, 1.82) is 0 Å². The maximum atomic E-state index is 6.14. The van der Waals surface area contributed by atoms with Gasteiger partial charge in [0.25, 0.3) is 0 Å². The van der Waals surface area contributed by atoms with Crippen molar-refractivity contribution in [1.82, 2.24) is 10.9 Å². The molecule has 0 saturated heterocycles. The Morgan fingerprint density at radius 3 is 2.50 bits per heavy atom. The van der Waals surface area contributed by atoms with Crippen molar-refractivity contribution in [2.24, 2.45) is 17.8 Å². The van der Waals surface area contributed by atoms with Crippen molar-refractivity contribution in [3.63, 3.8) is 0 Å². The number of thiocarbonyl (C=S) groups is 1. The normalized spacial score (nSPS) is 28.7. The zero-order chi connectivity index (χ0) is 15.1. The lowest BCUT2D eigenvalue weighted by Gasteiger charge is -2.47. The van der Waals surface area contributed by atoms with E-state index in [1.807, 2.05) is 24.3 Å². The standard InChI is InChI=1S/C17H20ClN3S/c18-14-3-1-2-4-15(14)19-17(22)21-20-16-12-6-10-5-11(8-12)9-13(16)7-10/h1-4,10-12,20H,5-9H2,(H2,19,21,22)/t10-,11+,12?. The molecular formula is C17H20ClN3S. The fraction of sp³-hybridized carbons (Fsp3) is 0.471. The van der Waals surface area contributed by atoms with Gasteiger partial charge in [-0.05, 0) is 73.9 Å². The maximum absolute atomic E-state index is 6.14. The Morgan fingerprint density at radius 2 is 1.82 bits per heavy atom. The number of anilines is 1. The summed E-state index contributed by atoms with van der Waals surface area (Å²) in [7, 11) is 0. The summed E-state index contributed by atoms with van der Waals surface area (Å²) in [5.74, 6) is 2.58. The predicted octanol–water partition coefficient (Wildman–Crippen LogP) is 4.23. The van der Waals surface area contributed by atoms with Crippen LogP contribution in [0, 0.1) is 17.8 Å². The molecule has 4 aliphatic rings. The molecule has 5 rings (SSSR count). The number of hydrogen-bond acceptors (Lipinski definition) is 2. The number of nitrogens with one attached hydrogen (secondary N) is 3. The molecule has 3 N–H and O–H groups in total. The van der Waals surface area contributed by atoms with Crippen molar-refractivity contribution < 1.29 is 0 Å². The van der Waals surface area contributed by atoms with Gasteiger partial charge in [-0.15, -0.1) is 0 Å². The van der Waals surface area contributed by atoms with E-state index in [0.29, 0.717) is 16.1 Å². The number of halogens is 1. The monoisotopic (exact) mass is 333 g/mol. The lowest BCUT2D eigenvalue weighted by Crippen LogP contribution is -2.46. The first-order valence-corrected chi connectivity index (χ1v) is 8.77. The van der Waals surface area contributed by atoms with Crippen molar-refractivity contribution in [2.45, 2.75) is 32.1 Å². The van der Waals surface area contributed by atoms with Crippen LogP contribution >= 0.6 is 23.8 Å². The van der Waals surface area contributed by atoms with Crippen molar-refractivity contribution in [3.05, 3.63) is 40.6 Å². The quantitative estimate of drug-likeness (QED) is 0.571. The van der Waals surface area contributed by atoms with Gasteiger partial charge in [-0.1, -0.05) is 23.7 Å². The van der Waals surface area contributed by atoms with Crippen molar-refractivity contribution in [2.75, 3.05) is 5.32 Å². The van der Waals surface area contributed by atoms with Crippen molar-refractivity contribution >= 4 is 34.6 Å². The highest BCUT2D eigenvalue weighted by molar-refractivity contribution is 7.80. The Balaban J connectivity index is 1.39.